The van der Waals surface area contributed by atoms with Crippen LogP contribution in [0.1, 0.15) is 27.6 Å². The van der Waals surface area contributed by atoms with E-state index in [1.54, 1.807) is 0 Å². The van der Waals surface area contributed by atoms with E-state index in [9.17, 15) is 26.7 Å². The van der Waals surface area contributed by atoms with Crippen molar-refractivity contribution < 1.29 is 31.5 Å². The van der Waals surface area contributed by atoms with Crippen LogP contribution >= 0.6 is 11.8 Å². The Morgan fingerprint density at radius 2 is 1.86 bits per heavy atom. The summed E-state index contributed by atoms with van der Waals surface area (Å²) >= 11 is 1.38. The SMILES string of the molecule is O=C(c1ccccc1OC(F)(F)F)N1CCSC(c2cc(F)ccc2F)CC1. The lowest BCUT2D eigenvalue weighted by Gasteiger charge is -2.22. The molecule has 0 bridgehead atoms. The van der Waals surface area contributed by atoms with E-state index in [0.717, 1.165) is 24.3 Å². The molecule has 0 N–H and O–H groups in total. The average Bonchev–Trinajstić information content (AvgIpc) is 2.88. The topological polar surface area (TPSA) is 29.5 Å². The summed E-state index contributed by atoms with van der Waals surface area (Å²) in [6.07, 6.45) is -4.57. The molecule has 9 heteroatoms. The fraction of sp³-hybridized carbons (Fsp3) is 0.316. The van der Waals surface area contributed by atoms with Gasteiger partial charge in [0.15, 0.2) is 0 Å². The van der Waals surface area contributed by atoms with Gasteiger partial charge in [0.25, 0.3) is 5.91 Å². The molecule has 0 aromatic heterocycles. The van der Waals surface area contributed by atoms with Gasteiger partial charge in [-0.25, -0.2) is 8.78 Å². The number of halogens is 5. The van der Waals surface area contributed by atoms with Gasteiger partial charge < -0.3 is 9.64 Å². The third-order valence-corrected chi connectivity index (χ3v) is 5.59. The first kappa shape index (κ1) is 20.4. The Morgan fingerprint density at radius 3 is 2.61 bits per heavy atom. The Bertz CT molecular complexity index is 858. The van der Waals surface area contributed by atoms with E-state index >= 15 is 0 Å². The van der Waals surface area contributed by atoms with Crippen LogP contribution in [-0.4, -0.2) is 36.0 Å². The quantitative estimate of drug-likeness (QED) is 0.645. The minimum atomic E-state index is -4.91. The molecule has 28 heavy (non-hydrogen) atoms. The molecule has 1 amide bonds. The number of ether oxygens (including phenoxy) is 1. The van der Waals surface area contributed by atoms with Crippen molar-refractivity contribution in [2.75, 3.05) is 18.8 Å². The molecule has 1 atom stereocenters. The monoisotopic (exact) mass is 417 g/mol. The lowest BCUT2D eigenvalue weighted by Crippen LogP contribution is -2.33. The maximum atomic E-state index is 14.0. The van der Waals surface area contributed by atoms with Crippen molar-refractivity contribution in [3.8, 4) is 5.75 Å². The van der Waals surface area contributed by atoms with Crippen molar-refractivity contribution in [2.45, 2.75) is 18.0 Å². The minimum Gasteiger partial charge on any atom is -0.405 e. The number of hydrogen-bond donors (Lipinski definition) is 0. The van der Waals surface area contributed by atoms with Gasteiger partial charge in [-0.05, 0) is 36.8 Å². The van der Waals surface area contributed by atoms with Gasteiger partial charge in [-0.2, -0.15) is 11.8 Å². The molecule has 150 valence electrons. The molecule has 0 aliphatic carbocycles. The van der Waals surface area contributed by atoms with Gasteiger partial charge in [0.1, 0.15) is 17.4 Å². The summed E-state index contributed by atoms with van der Waals surface area (Å²) < 4.78 is 69.2. The van der Waals surface area contributed by atoms with Crippen LogP contribution < -0.4 is 4.74 Å². The molecule has 1 saturated heterocycles. The average molecular weight is 417 g/mol. The van der Waals surface area contributed by atoms with E-state index in [1.165, 1.54) is 34.9 Å². The normalized spacial score (nSPS) is 17.9. The van der Waals surface area contributed by atoms with Gasteiger partial charge in [-0.3, -0.25) is 4.79 Å². The summed E-state index contributed by atoms with van der Waals surface area (Å²) in [7, 11) is 0. The number of para-hydroxylation sites is 1. The van der Waals surface area contributed by atoms with E-state index in [4.69, 9.17) is 0 Å². The number of amides is 1. The molecule has 1 unspecified atom stereocenters. The van der Waals surface area contributed by atoms with Crippen LogP contribution in [0.15, 0.2) is 42.5 Å². The largest absolute Gasteiger partial charge is 0.573 e. The number of hydrogen-bond acceptors (Lipinski definition) is 3. The number of carbonyl (C=O) groups excluding carboxylic acids is 1. The number of benzene rings is 2. The molecular weight excluding hydrogens is 401 g/mol. The molecular formula is C19H16F5NO2S. The maximum Gasteiger partial charge on any atom is 0.573 e. The lowest BCUT2D eigenvalue weighted by molar-refractivity contribution is -0.274. The zero-order chi connectivity index (χ0) is 20.3. The third kappa shape index (κ3) is 4.95. The third-order valence-electron chi connectivity index (χ3n) is 4.28. The standard InChI is InChI=1S/C19H16F5NO2S/c20-12-5-6-15(21)14(11-12)17-7-8-25(9-10-28-17)18(26)13-3-1-2-4-16(13)27-19(22,23)24/h1-6,11,17H,7-10H2. The van der Waals surface area contributed by atoms with Crippen LogP contribution in [0.2, 0.25) is 0 Å². The Balaban J connectivity index is 1.76. The highest BCUT2D eigenvalue weighted by atomic mass is 32.2. The first-order valence-corrected chi connectivity index (χ1v) is 9.50. The van der Waals surface area contributed by atoms with Crippen molar-refractivity contribution in [3.05, 3.63) is 65.2 Å². The Hall–Kier alpha value is -2.29. The molecule has 0 saturated carbocycles. The highest BCUT2D eigenvalue weighted by Crippen LogP contribution is 2.37. The minimum absolute atomic E-state index is 0.194. The summed E-state index contributed by atoms with van der Waals surface area (Å²) in [5.74, 6) is -1.80. The van der Waals surface area contributed by atoms with Crippen LogP contribution in [0.25, 0.3) is 0 Å². The van der Waals surface area contributed by atoms with Gasteiger partial charge in [0, 0.05) is 29.7 Å². The Morgan fingerprint density at radius 1 is 1.11 bits per heavy atom. The molecule has 3 nitrogen and oxygen atoms in total. The molecule has 1 aliphatic heterocycles. The van der Waals surface area contributed by atoms with Gasteiger partial charge in [0.05, 0.1) is 5.56 Å². The molecule has 3 rings (SSSR count). The molecule has 2 aromatic rings. The summed E-state index contributed by atoms with van der Waals surface area (Å²) in [6, 6.07) is 8.38. The smallest absolute Gasteiger partial charge is 0.405 e. The second-order valence-corrected chi connectivity index (χ2v) is 7.46. The number of carbonyl (C=O) groups is 1. The fourth-order valence-corrected chi connectivity index (χ4v) is 4.25. The van der Waals surface area contributed by atoms with E-state index in [1.807, 2.05) is 0 Å². The van der Waals surface area contributed by atoms with Crippen molar-refractivity contribution in [2.24, 2.45) is 0 Å². The summed E-state index contributed by atoms with van der Waals surface area (Å²) in [6.45, 7) is 0.476. The summed E-state index contributed by atoms with van der Waals surface area (Å²) in [4.78, 5) is 14.2. The molecule has 1 aliphatic rings. The van der Waals surface area contributed by atoms with Gasteiger partial charge in [-0.1, -0.05) is 12.1 Å². The predicted octanol–water partition coefficient (Wildman–Crippen LogP) is 5.18. The molecule has 1 fully saturated rings. The lowest BCUT2D eigenvalue weighted by atomic mass is 10.1. The number of alkyl halides is 3. The number of rotatable bonds is 3. The maximum absolute atomic E-state index is 14.0. The fourth-order valence-electron chi connectivity index (χ4n) is 3.01. The Kier molecular flexibility index (Phi) is 6.12. The molecule has 0 spiro atoms. The first-order valence-electron chi connectivity index (χ1n) is 8.45. The van der Waals surface area contributed by atoms with Crippen LogP contribution in [0.4, 0.5) is 22.0 Å². The predicted molar refractivity (Wildman–Crippen MR) is 95.2 cm³/mol. The molecule has 2 aromatic carbocycles. The van der Waals surface area contributed by atoms with Crippen LogP contribution in [0.5, 0.6) is 5.75 Å². The van der Waals surface area contributed by atoms with E-state index in [2.05, 4.69) is 4.74 Å². The van der Waals surface area contributed by atoms with Crippen LogP contribution in [0, 0.1) is 11.6 Å². The zero-order valence-electron chi connectivity index (χ0n) is 14.5. The molecule has 0 radical (unpaired) electrons. The highest BCUT2D eigenvalue weighted by molar-refractivity contribution is 7.99. The van der Waals surface area contributed by atoms with Crippen molar-refractivity contribution >= 4 is 17.7 Å². The first-order chi connectivity index (χ1) is 13.2. The molecule has 1 heterocycles. The van der Waals surface area contributed by atoms with Crippen molar-refractivity contribution in [1.29, 1.82) is 0 Å². The zero-order valence-corrected chi connectivity index (χ0v) is 15.3. The van der Waals surface area contributed by atoms with E-state index in [-0.39, 0.29) is 29.5 Å². The Labute approximate surface area is 162 Å². The van der Waals surface area contributed by atoms with Crippen molar-refractivity contribution in [3.63, 3.8) is 0 Å². The van der Waals surface area contributed by atoms with E-state index < -0.39 is 29.7 Å². The van der Waals surface area contributed by atoms with Crippen LogP contribution in [-0.2, 0) is 0 Å². The van der Waals surface area contributed by atoms with Gasteiger partial charge in [0.2, 0.25) is 0 Å². The van der Waals surface area contributed by atoms with E-state index in [0.29, 0.717) is 12.2 Å². The number of nitrogens with zero attached hydrogens (tertiary/aromatic N) is 1. The van der Waals surface area contributed by atoms with Gasteiger partial charge in [-0.15, -0.1) is 13.2 Å². The highest BCUT2D eigenvalue weighted by Gasteiger charge is 2.34. The van der Waals surface area contributed by atoms with Crippen molar-refractivity contribution in [1.82, 2.24) is 4.90 Å². The summed E-state index contributed by atoms with van der Waals surface area (Å²) in [5, 5.41) is -0.352. The number of thioether (sulfide) groups is 1. The second kappa shape index (κ2) is 8.38. The van der Waals surface area contributed by atoms with Crippen LogP contribution in [0.3, 0.4) is 0 Å². The van der Waals surface area contributed by atoms with Gasteiger partial charge >= 0.3 is 6.36 Å². The summed E-state index contributed by atoms with van der Waals surface area (Å²) in [5.41, 5.74) is 0.0281. The second-order valence-electron chi connectivity index (χ2n) is 6.15.